The number of benzene rings is 2. The quantitative estimate of drug-likeness (QED) is 0.651. The standard InChI is InChI=1S/C22H25F2N3O3S/c23-15-5-7-21-19(11-15)20-12-16(24)6-8-22(20)26(21)14-18(28)13-25-9-2-10-27(31(25,29)30)17-3-1-4-17/h5-8,11-12,17-18,28H,1-4,9-10,13-14H2. The van der Waals surface area contributed by atoms with Gasteiger partial charge in [-0.15, -0.1) is 0 Å². The van der Waals surface area contributed by atoms with Crippen molar-refractivity contribution in [2.75, 3.05) is 19.6 Å². The number of aromatic nitrogens is 1. The first kappa shape index (κ1) is 20.8. The third kappa shape index (κ3) is 3.63. The zero-order valence-corrected chi connectivity index (χ0v) is 17.9. The highest BCUT2D eigenvalue weighted by molar-refractivity contribution is 7.86. The summed E-state index contributed by atoms with van der Waals surface area (Å²) in [5, 5.41) is 12.0. The first-order chi connectivity index (χ1) is 14.8. The van der Waals surface area contributed by atoms with Crippen LogP contribution in [0, 0.1) is 11.6 Å². The molecule has 1 saturated carbocycles. The van der Waals surface area contributed by atoms with E-state index in [-0.39, 0.29) is 19.1 Å². The predicted octanol–water partition coefficient (Wildman–Crippen LogP) is 3.24. The molecule has 2 aromatic carbocycles. The molecule has 2 fully saturated rings. The zero-order chi connectivity index (χ0) is 21.8. The molecule has 2 heterocycles. The van der Waals surface area contributed by atoms with E-state index >= 15 is 0 Å². The van der Waals surface area contributed by atoms with E-state index in [2.05, 4.69) is 0 Å². The Balaban J connectivity index is 1.43. The van der Waals surface area contributed by atoms with E-state index in [1.807, 2.05) is 0 Å². The van der Waals surface area contributed by atoms with Gasteiger partial charge in [-0.05, 0) is 55.7 Å². The number of rotatable bonds is 5. The number of β-amino-alcohol motifs (C(OH)–C–C–N with tert-alkyl or cyclic N) is 1. The molecule has 0 spiro atoms. The van der Waals surface area contributed by atoms with Gasteiger partial charge in [0.05, 0.1) is 12.6 Å². The highest BCUT2D eigenvalue weighted by Gasteiger charge is 2.40. The maximum atomic E-state index is 13.8. The lowest BCUT2D eigenvalue weighted by Gasteiger charge is -2.42. The van der Waals surface area contributed by atoms with Crippen LogP contribution in [0.2, 0.25) is 0 Å². The molecule has 0 bridgehead atoms. The molecule has 1 saturated heterocycles. The Hall–Kier alpha value is -2.07. The van der Waals surface area contributed by atoms with Gasteiger partial charge in [0.2, 0.25) is 0 Å². The summed E-state index contributed by atoms with van der Waals surface area (Å²) in [5.41, 5.74) is 1.33. The van der Waals surface area contributed by atoms with Crippen molar-refractivity contribution in [2.45, 2.75) is 44.4 Å². The highest BCUT2D eigenvalue weighted by Crippen LogP contribution is 2.32. The fourth-order valence-corrected chi connectivity index (χ4v) is 6.73. The Bertz CT molecular complexity index is 1180. The normalized spacial score (nSPS) is 21.5. The van der Waals surface area contributed by atoms with Crippen LogP contribution >= 0.6 is 0 Å². The molecule has 1 unspecified atom stereocenters. The molecule has 31 heavy (non-hydrogen) atoms. The molecule has 2 aliphatic rings. The van der Waals surface area contributed by atoms with Gasteiger partial charge in [0.1, 0.15) is 11.6 Å². The molecule has 1 aliphatic heterocycles. The summed E-state index contributed by atoms with van der Waals surface area (Å²) >= 11 is 0. The van der Waals surface area contributed by atoms with Gasteiger partial charge in [-0.1, -0.05) is 6.42 Å². The molecular weight excluding hydrogens is 424 g/mol. The third-order valence-electron chi connectivity index (χ3n) is 6.49. The van der Waals surface area contributed by atoms with Crippen molar-refractivity contribution >= 4 is 32.0 Å². The molecule has 1 N–H and O–H groups in total. The maximum absolute atomic E-state index is 13.8. The Morgan fingerprint density at radius 1 is 0.935 bits per heavy atom. The van der Waals surface area contributed by atoms with Crippen molar-refractivity contribution in [3.63, 3.8) is 0 Å². The first-order valence-corrected chi connectivity index (χ1v) is 12.1. The molecule has 1 atom stereocenters. The van der Waals surface area contributed by atoms with Gasteiger partial charge in [-0.3, -0.25) is 0 Å². The van der Waals surface area contributed by atoms with Crippen LogP contribution in [0.1, 0.15) is 25.7 Å². The lowest BCUT2D eigenvalue weighted by Crippen LogP contribution is -2.56. The van der Waals surface area contributed by atoms with E-state index in [0.717, 1.165) is 25.7 Å². The zero-order valence-electron chi connectivity index (χ0n) is 17.0. The monoisotopic (exact) mass is 449 g/mol. The van der Waals surface area contributed by atoms with E-state index in [4.69, 9.17) is 0 Å². The minimum atomic E-state index is -3.60. The fourth-order valence-electron chi connectivity index (χ4n) is 4.76. The molecular formula is C22H25F2N3O3S. The Morgan fingerprint density at radius 2 is 1.55 bits per heavy atom. The largest absolute Gasteiger partial charge is 0.390 e. The number of halogens is 2. The Morgan fingerprint density at radius 3 is 2.10 bits per heavy atom. The molecule has 5 rings (SSSR count). The molecule has 0 amide bonds. The molecule has 1 aliphatic carbocycles. The summed E-state index contributed by atoms with van der Waals surface area (Å²) in [5.74, 6) is -0.848. The van der Waals surface area contributed by atoms with E-state index in [1.54, 1.807) is 21.0 Å². The van der Waals surface area contributed by atoms with Crippen LogP contribution in [-0.2, 0) is 16.8 Å². The summed E-state index contributed by atoms with van der Waals surface area (Å²) in [4.78, 5) is 0. The minimum absolute atomic E-state index is 0.0187. The summed E-state index contributed by atoms with van der Waals surface area (Å²) in [7, 11) is -3.60. The van der Waals surface area contributed by atoms with E-state index in [0.29, 0.717) is 34.9 Å². The summed E-state index contributed by atoms with van der Waals surface area (Å²) < 4.78 is 58.5. The van der Waals surface area contributed by atoms with E-state index < -0.39 is 27.9 Å². The van der Waals surface area contributed by atoms with Gasteiger partial charge in [-0.25, -0.2) is 8.78 Å². The smallest absolute Gasteiger partial charge is 0.282 e. The van der Waals surface area contributed by atoms with Gasteiger partial charge in [-0.2, -0.15) is 17.0 Å². The minimum Gasteiger partial charge on any atom is -0.390 e. The number of hydrogen-bond donors (Lipinski definition) is 1. The van der Waals surface area contributed by atoms with E-state index in [1.165, 1.54) is 28.6 Å². The third-order valence-corrected chi connectivity index (χ3v) is 8.54. The van der Waals surface area contributed by atoms with Crippen LogP contribution in [-0.4, -0.2) is 58.5 Å². The topological polar surface area (TPSA) is 65.8 Å². The van der Waals surface area contributed by atoms with Crippen molar-refractivity contribution in [2.24, 2.45) is 0 Å². The van der Waals surface area contributed by atoms with Crippen LogP contribution in [0.4, 0.5) is 8.78 Å². The first-order valence-electron chi connectivity index (χ1n) is 10.7. The second kappa shape index (κ2) is 7.81. The van der Waals surface area contributed by atoms with Gasteiger partial charge in [0.25, 0.3) is 10.2 Å². The van der Waals surface area contributed by atoms with Gasteiger partial charge >= 0.3 is 0 Å². The number of aliphatic hydroxyl groups is 1. The maximum Gasteiger partial charge on any atom is 0.282 e. The van der Waals surface area contributed by atoms with Crippen LogP contribution in [0.5, 0.6) is 0 Å². The molecule has 0 radical (unpaired) electrons. The lowest BCUT2D eigenvalue weighted by atomic mass is 9.93. The summed E-state index contributed by atoms with van der Waals surface area (Å²) in [6.45, 7) is 1.01. The van der Waals surface area contributed by atoms with Crippen molar-refractivity contribution in [3.05, 3.63) is 48.0 Å². The Labute approximate surface area is 179 Å². The van der Waals surface area contributed by atoms with Crippen LogP contribution in [0.25, 0.3) is 21.8 Å². The number of hydrogen-bond acceptors (Lipinski definition) is 3. The second-order valence-corrected chi connectivity index (χ2v) is 10.4. The van der Waals surface area contributed by atoms with E-state index in [9.17, 15) is 22.3 Å². The molecule has 166 valence electrons. The summed E-state index contributed by atoms with van der Waals surface area (Å²) in [6.07, 6.45) is 2.60. The van der Waals surface area contributed by atoms with Crippen molar-refractivity contribution in [3.8, 4) is 0 Å². The molecule has 3 aromatic rings. The van der Waals surface area contributed by atoms with Gasteiger partial charge in [0.15, 0.2) is 0 Å². The van der Waals surface area contributed by atoms with Gasteiger partial charge < -0.3 is 9.67 Å². The Kier molecular flexibility index (Phi) is 5.24. The summed E-state index contributed by atoms with van der Waals surface area (Å²) in [6, 6.07) is 8.64. The van der Waals surface area contributed by atoms with Crippen molar-refractivity contribution < 1.29 is 22.3 Å². The SMILES string of the molecule is O=S1(=O)N(CC(O)Cn2c3ccc(F)cc3c3cc(F)ccc32)CCCN1C1CCC1. The number of fused-ring (bicyclic) bond motifs is 3. The van der Waals surface area contributed by atoms with Crippen LogP contribution in [0.3, 0.4) is 0 Å². The lowest BCUT2D eigenvalue weighted by molar-refractivity contribution is 0.112. The number of aliphatic hydroxyl groups excluding tert-OH is 1. The highest BCUT2D eigenvalue weighted by atomic mass is 32.2. The average molecular weight is 450 g/mol. The molecule has 9 heteroatoms. The predicted molar refractivity (Wildman–Crippen MR) is 115 cm³/mol. The average Bonchev–Trinajstić information content (AvgIpc) is 2.96. The fraction of sp³-hybridized carbons (Fsp3) is 0.455. The van der Waals surface area contributed by atoms with Crippen LogP contribution < -0.4 is 0 Å². The number of nitrogens with zero attached hydrogens (tertiary/aromatic N) is 3. The van der Waals surface area contributed by atoms with Crippen molar-refractivity contribution in [1.29, 1.82) is 0 Å². The van der Waals surface area contributed by atoms with Crippen molar-refractivity contribution in [1.82, 2.24) is 13.2 Å². The van der Waals surface area contributed by atoms with Gasteiger partial charge in [0, 0.05) is 47.5 Å². The second-order valence-electron chi connectivity index (χ2n) is 8.50. The molecule has 6 nitrogen and oxygen atoms in total. The van der Waals surface area contributed by atoms with Crippen LogP contribution in [0.15, 0.2) is 36.4 Å². The molecule has 1 aromatic heterocycles.